The SMILES string of the molecule is Cc1ccc(N(c2ccc(C)cc2)c2cc3c4c(c2)Oc2c(sc5ccccc25)B4c2cc4c(cc2N3)N(c2c(C)cc(C)cc2C)c2cc(N(c3ccccc3)c3ccccc3)cc3c2B4c2cc4c(cc2O3)Oc2cc(N(c3ccccc3)c3ccccc3)cc3c2B4c2sc4ccccc4c2O3)cc1. The van der Waals surface area contributed by atoms with E-state index in [0.717, 1.165) is 173 Å². The number of rotatable bonds is 10. The Morgan fingerprint density at radius 1 is 0.299 bits per heavy atom. The van der Waals surface area contributed by atoms with Gasteiger partial charge in [-0.05, 0) is 194 Å². The highest BCUT2D eigenvalue weighted by Gasteiger charge is 2.50. The zero-order valence-corrected chi connectivity index (χ0v) is 60.8. The lowest BCUT2D eigenvalue weighted by Crippen LogP contribution is -2.64. The van der Waals surface area contributed by atoms with Gasteiger partial charge in [0.15, 0.2) is 0 Å². The molecule has 6 aliphatic heterocycles. The van der Waals surface area contributed by atoms with E-state index in [-0.39, 0.29) is 20.1 Å². The molecule has 9 nitrogen and oxygen atoms in total. The van der Waals surface area contributed by atoms with Crippen molar-refractivity contribution in [2.45, 2.75) is 34.6 Å². The minimum absolute atomic E-state index is 0.210. The Labute approximate surface area is 629 Å². The molecule has 14 aromatic carbocycles. The molecule has 506 valence electrons. The minimum atomic E-state index is -0.356. The minimum Gasteiger partial charge on any atom is -0.458 e. The van der Waals surface area contributed by atoms with E-state index in [2.05, 4.69) is 351 Å². The fourth-order valence-corrected chi connectivity index (χ4v) is 20.4. The van der Waals surface area contributed by atoms with E-state index >= 15 is 0 Å². The van der Waals surface area contributed by atoms with Crippen molar-refractivity contribution in [3.05, 3.63) is 319 Å². The number of hydrogen-bond acceptors (Lipinski definition) is 11. The maximum Gasteiger partial charge on any atom is 0.273 e. The molecule has 22 rings (SSSR count). The first-order chi connectivity index (χ1) is 52.6. The maximum atomic E-state index is 7.84. The standard InChI is InChI=1S/C93H64B3N5O4S2/c1-54-34-38-63(39-35-54)100(64-40-36-55(2)37-41-64)65-44-75-86-80(46-65)104-90-68-30-18-20-32-84(68)106-92(90)95(86)70-50-71-76(52-74(70)97-75)101(89-57(4)42-56(3)43-58(89)5)77-45-66(98(59-22-10-6-11-23-59)60-24-12-7-13-25-60)47-81-87(77)94(71)72-51-73-79(53-78(72)102-81)103-82-48-67(99(61-26-14-8-15-27-61)62-28-16-9-17-29-62)49-83-88(82)96(73)93-91(105-83)69-31-19-21-33-85(69)107-93/h6-53,97H,1-5H3. The van der Waals surface area contributed by atoms with Crippen LogP contribution in [0.25, 0.3) is 20.2 Å². The number of benzene rings is 14. The lowest BCUT2D eigenvalue weighted by atomic mass is 9.31. The molecular weight excluding hydrogens is 1350 g/mol. The number of ether oxygens (including phenoxy) is 4. The van der Waals surface area contributed by atoms with Crippen molar-refractivity contribution in [2.24, 2.45) is 0 Å². The summed E-state index contributed by atoms with van der Waals surface area (Å²) in [6.45, 7) is 10.2. The van der Waals surface area contributed by atoms with Gasteiger partial charge in [-0.15, -0.1) is 22.7 Å². The molecule has 0 atom stereocenters. The fraction of sp³-hybridized carbons (Fsp3) is 0.0538. The summed E-state index contributed by atoms with van der Waals surface area (Å²) in [6, 6.07) is 106. The van der Waals surface area contributed by atoms with Gasteiger partial charge >= 0.3 is 0 Å². The Balaban J connectivity index is 0.808. The van der Waals surface area contributed by atoms with Gasteiger partial charge in [0, 0.05) is 122 Å². The Morgan fingerprint density at radius 3 is 1.22 bits per heavy atom. The number of aryl methyl sites for hydroxylation is 5. The summed E-state index contributed by atoms with van der Waals surface area (Å²) >= 11 is 3.64. The van der Waals surface area contributed by atoms with Gasteiger partial charge in [-0.2, -0.15) is 0 Å². The number of fused-ring (bicyclic) bond motifs is 16. The summed E-state index contributed by atoms with van der Waals surface area (Å²) in [7, 11) is 0. The summed E-state index contributed by atoms with van der Waals surface area (Å²) < 4.78 is 34.9. The molecule has 14 heteroatoms. The molecule has 0 fully saturated rings. The van der Waals surface area contributed by atoms with E-state index in [4.69, 9.17) is 18.9 Å². The average molecular weight is 1410 g/mol. The van der Waals surface area contributed by atoms with E-state index < -0.39 is 0 Å². The molecule has 107 heavy (non-hydrogen) atoms. The molecule has 0 saturated heterocycles. The molecule has 0 aliphatic carbocycles. The van der Waals surface area contributed by atoms with E-state index in [1.54, 1.807) is 11.3 Å². The third-order valence-electron chi connectivity index (χ3n) is 22.3. The lowest BCUT2D eigenvalue weighted by Gasteiger charge is -2.44. The first-order valence-electron chi connectivity index (χ1n) is 36.6. The largest absolute Gasteiger partial charge is 0.458 e. The summed E-state index contributed by atoms with van der Waals surface area (Å²) in [6.07, 6.45) is 0. The van der Waals surface area contributed by atoms with Crippen LogP contribution >= 0.6 is 22.7 Å². The van der Waals surface area contributed by atoms with Crippen molar-refractivity contribution in [2.75, 3.05) is 24.9 Å². The van der Waals surface area contributed by atoms with Gasteiger partial charge in [0.25, 0.3) is 20.1 Å². The highest BCUT2D eigenvalue weighted by Crippen LogP contribution is 2.52. The van der Waals surface area contributed by atoms with E-state index in [1.165, 1.54) is 48.2 Å². The molecule has 8 heterocycles. The smallest absolute Gasteiger partial charge is 0.273 e. The zero-order valence-electron chi connectivity index (χ0n) is 59.2. The number of anilines is 14. The second kappa shape index (κ2) is 23.7. The molecular formula is C93H64B3N5O4S2. The number of hydrogen-bond donors (Lipinski definition) is 1. The van der Waals surface area contributed by atoms with Crippen LogP contribution in [0, 0.1) is 34.6 Å². The normalized spacial score (nSPS) is 13.2. The van der Waals surface area contributed by atoms with Crippen LogP contribution in [0.4, 0.5) is 79.6 Å². The number of thiophene rings is 2. The predicted octanol–water partition coefficient (Wildman–Crippen LogP) is 19.9. The molecule has 0 radical (unpaired) electrons. The third kappa shape index (κ3) is 9.58. The van der Waals surface area contributed by atoms with Crippen LogP contribution in [0.5, 0.6) is 46.0 Å². The van der Waals surface area contributed by atoms with E-state index in [1.807, 2.05) is 11.3 Å². The Kier molecular flexibility index (Phi) is 13.7. The van der Waals surface area contributed by atoms with Gasteiger partial charge in [0.1, 0.15) is 46.0 Å². The van der Waals surface area contributed by atoms with Gasteiger partial charge in [0.05, 0.1) is 22.7 Å². The second-order valence-electron chi connectivity index (χ2n) is 29.1. The Hall–Kier alpha value is -12.6. The summed E-state index contributed by atoms with van der Waals surface area (Å²) in [5.41, 5.74) is 27.9. The maximum absolute atomic E-state index is 7.84. The molecule has 0 amide bonds. The van der Waals surface area contributed by atoms with Gasteiger partial charge in [-0.25, -0.2) is 0 Å². The van der Waals surface area contributed by atoms with Crippen molar-refractivity contribution in [1.82, 2.24) is 0 Å². The second-order valence-corrected chi connectivity index (χ2v) is 31.2. The molecule has 0 saturated carbocycles. The molecule has 0 bridgehead atoms. The van der Waals surface area contributed by atoms with Crippen molar-refractivity contribution in [3.8, 4) is 46.0 Å². The quantitative estimate of drug-likeness (QED) is 0.135. The number of nitrogens with zero attached hydrogens (tertiary/aromatic N) is 4. The first kappa shape index (κ1) is 61.8. The topological polar surface area (TPSA) is 61.9 Å². The molecule has 2 aromatic heterocycles. The van der Waals surface area contributed by atoms with Crippen molar-refractivity contribution < 1.29 is 18.9 Å². The van der Waals surface area contributed by atoms with Crippen LogP contribution in [0.1, 0.15) is 27.8 Å². The molecule has 6 aliphatic rings. The van der Waals surface area contributed by atoms with Crippen molar-refractivity contribution in [1.29, 1.82) is 0 Å². The van der Waals surface area contributed by atoms with Crippen LogP contribution in [-0.4, -0.2) is 20.1 Å². The molecule has 16 aromatic rings. The monoisotopic (exact) mass is 1410 g/mol. The van der Waals surface area contributed by atoms with Crippen LogP contribution < -0.4 is 91.7 Å². The number of nitrogens with one attached hydrogen (secondary N) is 1. The van der Waals surface area contributed by atoms with Crippen molar-refractivity contribution in [3.63, 3.8) is 0 Å². The zero-order chi connectivity index (χ0) is 71.0. The van der Waals surface area contributed by atoms with Gasteiger partial charge in [0.2, 0.25) is 0 Å². The average Bonchev–Trinajstić information content (AvgIpc) is 1.42. The van der Waals surface area contributed by atoms with Gasteiger partial charge < -0.3 is 43.9 Å². The molecule has 0 spiro atoms. The first-order valence-corrected chi connectivity index (χ1v) is 38.2. The van der Waals surface area contributed by atoms with E-state index in [9.17, 15) is 0 Å². The van der Waals surface area contributed by atoms with Gasteiger partial charge in [-0.3, -0.25) is 0 Å². The number of para-hydroxylation sites is 4. The van der Waals surface area contributed by atoms with Crippen LogP contribution in [0.2, 0.25) is 0 Å². The van der Waals surface area contributed by atoms with Crippen LogP contribution in [0.15, 0.2) is 291 Å². The summed E-state index contributed by atoms with van der Waals surface area (Å²) in [5, 5.41) is 6.42. The predicted molar refractivity (Wildman–Crippen MR) is 449 cm³/mol. The van der Waals surface area contributed by atoms with Crippen LogP contribution in [-0.2, 0) is 0 Å². The fourth-order valence-electron chi connectivity index (χ4n) is 17.8. The highest BCUT2D eigenvalue weighted by molar-refractivity contribution is 7.34. The lowest BCUT2D eigenvalue weighted by molar-refractivity contribution is 0.458. The van der Waals surface area contributed by atoms with E-state index in [0.29, 0.717) is 0 Å². The molecule has 0 unspecified atom stereocenters. The Bertz CT molecular complexity index is 6270. The summed E-state index contributed by atoms with van der Waals surface area (Å²) in [5.74, 6) is 6.35. The Morgan fingerprint density at radius 2 is 0.710 bits per heavy atom. The van der Waals surface area contributed by atoms with Crippen molar-refractivity contribution >= 4 is 190 Å². The van der Waals surface area contributed by atoms with Gasteiger partial charge in [-0.1, -0.05) is 162 Å². The summed E-state index contributed by atoms with van der Waals surface area (Å²) in [4.78, 5) is 9.58. The third-order valence-corrected chi connectivity index (χ3v) is 24.8. The molecule has 1 N–H and O–H groups in total. The van der Waals surface area contributed by atoms with Crippen LogP contribution in [0.3, 0.4) is 0 Å². The highest BCUT2D eigenvalue weighted by atomic mass is 32.1.